The molecule has 0 spiro atoms. The van der Waals surface area contributed by atoms with Crippen LogP contribution < -0.4 is 4.31 Å². The van der Waals surface area contributed by atoms with Crippen molar-refractivity contribution in [2.45, 2.75) is 31.8 Å². The molecule has 218 valence electrons. The van der Waals surface area contributed by atoms with Gasteiger partial charge in [0, 0.05) is 12.1 Å². The number of alkyl halides is 3. The van der Waals surface area contributed by atoms with Crippen LogP contribution in [0.5, 0.6) is 0 Å². The minimum absolute atomic E-state index is 0.0838. The van der Waals surface area contributed by atoms with E-state index in [9.17, 15) is 35.6 Å². The molecule has 0 fully saturated rings. The SMILES string of the molecule is CCOC(=O)C(C)(C)CN1CN(S(=O)(=O)c2cccc(C(F)(F)F)c2)c2cc(-c3cccc(F)c3Cl)ccc2C1=O. The molecule has 0 bridgehead atoms. The second-order valence-electron chi connectivity index (χ2n) is 9.96. The van der Waals surface area contributed by atoms with Gasteiger partial charge in [-0.05, 0) is 62.7 Å². The number of carbonyl (C=O) groups excluding carboxylic acids is 2. The number of ether oxygens (including phenoxy) is 1. The Hall–Kier alpha value is -3.64. The minimum atomic E-state index is -4.81. The number of carbonyl (C=O) groups is 2. The fourth-order valence-electron chi connectivity index (χ4n) is 4.43. The second kappa shape index (κ2) is 11.0. The Morgan fingerprint density at radius 1 is 1.02 bits per heavy atom. The third kappa shape index (κ3) is 5.89. The molecule has 0 radical (unpaired) electrons. The number of hydrogen-bond donors (Lipinski definition) is 0. The zero-order valence-electron chi connectivity index (χ0n) is 22.1. The van der Waals surface area contributed by atoms with Gasteiger partial charge in [-0.2, -0.15) is 13.2 Å². The fourth-order valence-corrected chi connectivity index (χ4v) is 6.15. The van der Waals surface area contributed by atoms with Gasteiger partial charge >= 0.3 is 12.1 Å². The summed E-state index contributed by atoms with van der Waals surface area (Å²) in [6, 6.07) is 11.4. The summed E-state index contributed by atoms with van der Waals surface area (Å²) in [4.78, 5) is 26.5. The largest absolute Gasteiger partial charge is 0.466 e. The van der Waals surface area contributed by atoms with Crippen molar-refractivity contribution in [2.24, 2.45) is 5.41 Å². The van der Waals surface area contributed by atoms with Gasteiger partial charge in [0.1, 0.15) is 12.5 Å². The van der Waals surface area contributed by atoms with E-state index in [0.717, 1.165) is 33.5 Å². The van der Waals surface area contributed by atoms with Gasteiger partial charge in [-0.25, -0.2) is 17.1 Å². The van der Waals surface area contributed by atoms with Crippen LogP contribution in [0.3, 0.4) is 0 Å². The summed E-state index contributed by atoms with van der Waals surface area (Å²) in [6.07, 6.45) is -4.81. The Morgan fingerprint density at radius 2 is 1.71 bits per heavy atom. The van der Waals surface area contributed by atoms with Crippen molar-refractivity contribution in [1.82, 2.24) is 4.90 Å². The maximum Gasteiger partial charge on any atom is 0.416 e. The zero-order chi connectivity index (χ0) is 30.3. The standard InChI is InChI=1S/C28H25ClF4N2O5S/c1-4-40-26(37)27(2,3)15-34-16-35(41(38,39)19-8-5-7-18(14-19)28(31,32)33)23-13-17(11-12-21(23)25(34)36)20-9-6-10-22(30)24(20)29/h5-14H,4,15-16H2,1-3H3. The van der Waals surface area contributed by atoms with Gasteiger partial charge in [-0.15, -0.1) is 0 Å². The Kier molecular flexibility index (Phi) is 8.12. The quantitative estimate of drug-likeness (QED) is 0.229. The van der Waals surface area contributed by atoms with E-state index in [1.54, 1.807) is 6.92 Å². The van der Waals surface area contributed by atoms with E-state index in [0.29, 0.717) is 6.07 Å². The highest BCUT2D eigenvalue weighted by Crippen LogP contribution is 2.39. The third-order valence-electron chi connectivity index (χ3n) is 6.51. The van der Waals surface area contributed by atoms with Crippen LogP contribution in [0, 0.1) is 11.2 Å². The fraction of sp³-hybridized carbons (Fsp3) is 0.286. The van der Waals surface area contributed by atoms with E-state index < -0.39 is 56.4 Å². The molecular weight excluding hydrogens is 588 g/mol. The highest BCUT2D eigenvalue weighted by Gasteiger charge is 2.41. The first-order valence-corrected chi connectivity index (χ1v) is 14.1. The minimum Gasteiger partial charge on any atom is -0.466 e. The maximum atomic E-state index is 14.2. The number of anilines is 1. The van der Waals surface area contributed by atoms with Gasteiger partial charge in [-0.3, -0.25) is 9.59 Å². The van der Waals surface area contributed by atoms with Crippen LogP contribution in [-0.2, 0) is 25.7 Å². The van der Waals surface area contributed by atoms with Crippen LogP contribution in [-0.4, -0.2) is 45.0 Å². The number of nitrogens with zero attached hydrogens (tertiary/aromatic N) is 2. The van der Waals surface area contributed by atoms with Gasteiger partial charge in [0.15, 0.2) is 0 Å². The number of hydrogen-bond acceptors (Lipinski definition) is 5. The topological polar surface area (TPSA) is 84.0 Å². The molecule has 0 saturated carbocycles. The van der Waals surface area contributed by atoms with Crippen molar-refractivity contribution in [3.63, 3.8) is 0 Å². The number of amides is 1. The molecule has 1 heterocycles. The highest BCUT2D eigenvalue weighted by atomic mass is 35.5. The van der Waals surface area contributed by atoms with Crippen LogP contribution in [0.15, 0.2) is 65.6 Å². The van der Waals surface area contributed by atoms with E-state index in [-0.39, 0.29) is 40.6 Å². The third-order valence-corrected chi connectivity index (χ3v) is 8.64. The molecule has 1 amide bonds. The van der Waals surface area contributed by atoms with Crippen molar-refractivity contribution >= 4 is 39.2 Å². The average molecular weight is 613 g/mol. The van der Waals surface area contributed by atoms with E-state index >= 15 is 0 Å². The summed E-state index contributed by atoms with van der Waals surface area (Å²) in [5.74, 6) is -1.97. The van der Waals surface area contributed by atoms with Gasteiger partial charge in [-0.1, -0.05) is 35.9 Å². The maximum absolute atomic E-state index is 14.2. The lowest BCUT2D eigenvalue weighted by molar-refractivity contribution is -0.154. The molecule has 4 rings (SSSR count). The highest BCUT2D eigenvalue weighted by molar-refractivity contribution is 7.92. The normalized spacial score (nSPS) is 14.2. The van der Waals surface area contributed by atoms with Gasteiger partial charge in [0.05, 0.1) is 38.8 Å². The van der Waals surface area contributed by atoms with Gasteiger partial charge in [0.2, 0.25) is 0 Å². The summed E-state index contributed by atoms with van der Waals surface area (Å²) in [7, 11) is -4.70. The van der Waals surface area contributed by atoms with Crippen molar-refractivity contribution in [3.05, 3.63) is 82.6 Å². The van der Waals surface area contributed by atoms with Crippen molar-refractivity contribution in [3.8, 4) is 11.1 Å². The molecule has 13 heteroatoms. The first-order valence-electron chi connectivity index (χ1n) is 12.3. The molecule has 41 heavy (non-hydrogen) atoms. The second-order valence-corrected chi connectivity index (χ2v) is 12.2. The summed E-state index contributed by atoms with van der Waals surface area (Å²) >= 11 is 6.14. The summed E-state index contributed by atoms with van der Waals surface area (Å²) in [5.41, 5.74) is -2.18. The predicted molar refractivity (Wildman–Crippen MR) is 144 cm³/mol. The van der Waals surface area contributed by atoms with Crippen molar-refractivity contribution < 1.29 is 40.3 Å². The van der Waals surface area contributed by atoms with Crippen LogP contribution in [0.25, 0.3) is 11.1 Å². The molecule has 0 aliphatic carbocycles. The molecular formula is C28H25ClF4N2O5S. The molecule has 1 aliphatic heterocycles. The lowest BCUT2D eigenvalue weighted by Crippen LogP contribution is -2.53. The Labute approximate surface area is 239 Å². The van der Waals surface area contributed by atoms with E-state index in [1.165, 1.54) is 44.2 Å². The molecule has 0 aromatic heterocycles. The first kappa shape index (κ1) is 30.3. The predicted octanol–water partition coefficient (Wildman–Crippen LogP) is 6.36. The van der Waals surface area contributed by atoms with Crippen molar-refractivity contribution in [1.29, 1.82) is 0 Å². The van der Waals surface area contributed by atoms with E-state index in [2.05, 4.69) is 0 Å². The number of rotatable bonds is 7. The number of halogens is 5. The van der Waals surface area contributed by atoms with Gasteiger partial charge < -0.3 is 9.64 Å². The van der Waals surface area contributed by atoms with Crippen LogP contribution in [0.4, 0.5) is 23.2 Å². The van der Waals surface area contributed by atoms with E-state index in [4.69, 9.17) is 16.3 Å². The lowest BCUT2D eigenvalue weighted by Gasteiger charge is -2.40. The lowest BCUT2D eigenvalue weighted by atomic mass is 9.92. The van der Waals surface area contributed by atoms with Gasteiger partial charge in [0.25, 0.3) is 15.9 Å². The molecule has 1 aliphatic rings. The monoisotopic (exact) mass is 612 g/mol. The molecule has 0 saturated heterocycles. The van der Waals surface area contributed by atoms with Crippen molar-refractivity contribution in [2.75, 3.05) is 24.1 Å². The Bertz CT molecular complexity index is 1630. The van der Waals surface area contributed by atoms with Crippen LogP contribution in [0.2, 0.25) is 5.02 Å². The average Bonchev–Trinajstić information content (AvgIpc) is 2.91. The number of fused-ring (bicyclic) bond motifs is 1. The zero-order valence-corrected chi connectivity index (χ0v) is 23.7. The van der Waals surface area contributed by atoms with E-state index in [1.807, 2.05) is 0 Å². The molecule has 0 unspecified atom stereocenters. The van der Waals surface area contributed by atoms with Crippen LogP contribution >= 0.6 is 11.6 Å². The molecule has 3 aromatic rings. The Morgan fingerprint density at radius 3 is 2.37 bits per heavy atom. The van der Waals surface area contributed by atoms with Crippen LogP contribution in [0.1, 0.15) is 36.7 Å². The molecule has 0 atom stereocenters. The smallest absolute Gasteiger partial charge is 0.416 e. The summed E-state index contributed by atoms with van der Waals surface area (Å²) in [6.45, 7) is 3.87. The summed E-state index contributed by atoms with van der Waals surface area (Å²) < 4.78 is 88.2. The molecule has 3 aromatic carbocycles. The summed E-state index contributed by atoms with van der Waals surface area (Å²) in [5, 5.41) is -0.236. The Balaban J connectivity index is 1.88. The number of esters is 1. The number of sulfonamides is 1. The first-order chi connectivity index (χ1) is 19.1. The molecule has 0 N–H and O–H groups in total. The number of benzene rings is 3. The molecule has 7 nitrogen and oxygen atoms in total.